The van der Waals surface area contributed by atoms with Crippen LogP contribution in [-0.4, -0.2) is 35.2 Å². The molecule has 1 rings (SSSR count). The first-order valence-corrected chi connectivity index (χ1v) is 4.54. The molecule has 1 aliphatic rings. The van der Waals surface area contributed by atoms with E-state index in [9.17, 15) is 19.8 Å². The Labute approximate surface area is 115 Å². The number of carbonyl (C=O) groups excluding carboxylic acids is 2. The van der Waals surface area contributed by atoms with E-state index in [0.29, 0.717) is 0 Å². The van der Waals surface area contributed by atoms with Gasteiger partial charge in [-0.05, 0) is 18.1 Å². The van der Waals surface area contributed by atoms with Gasteiger partial charge < -0.3 is 26.1 Å². The zero-order valence-corrected chi connectivity index (χ0v) is 11.3. The molecule has 1 aliphatic carbocycles. The second-order valence-corrected chi connectivity index (χ2v) is 3.56. The quantitative estimate of drug-likeness (QED) is 0.413. The Bertz CT molecular complexity index is 319. The van der Waals surface area contributed by atoms with Gasteiger partial charge in [0, 0.05) is 13.0 Å². The molecule has 0 aliphatic heterocycles. The summed E-state index contributed by atoms with van der Waals surface area (Å²) in [7, 11) is 0. The molecule has 0 spiro atoms. The van der Waals surface area contributed by atoms with Crippen molar-refractivity contribution >= 4 is 11.9 Å². The Balaban J connectivity index is 0.00000225. The van der Waals surface area contributed by atoms with E-state index in [-0.39, 0.29) is 47.5 Å². The maximum Gasteiger partial charge on any atom is 1.00 e. The molecule has 0 bridgehead atoms. The monoisotopic (exact) mass is 236 g/mol. The third-order valence-electron chi connectivity index (χ3n) is 2.29. The first kappa shape index (κ1) is 15.6. The van der Waals surface area contributed by atoms with Crippen molar-refractivity contribution in [2.45, 2.75) is 31.5 Å². The number of aliphatic hydroxyl groups excluding tert-OH is 1. The average molecular weight is 236 g/mol. The van der Waals surface area contributed by atoms with Crippen molar-refractivity contribution in [3.63, 3.8) is 0 Å². The maximum absolute atomic E-state index is 10.8. The van der Waals surface area contributed by atoms with Crippen LogP contribution in [0.25, 0.3) is 0 Å². The number of rotatable bonds is 2. The number of hydrogen-bond acceptors (Lipinski definition) is 5. The predicted molar refractivity (Wildman–Crippen MR) is 49.3 cm³/mol. The van der Waals surface area contributed by atoms with E-state index >= 15 is 0 Å². The zero-order valence-electron chi connectivity index (χ0n) is 9.27. The van der Waals surface area contributed by atoms with Crippen LogP contribution in [0.4, 0.5) is 0 Å². The van der Waals surface area contributed by atoms with E-state index in [1.165, 1.54) is 6.92 Å². The summed E-state index contributed by atoms with van der Waals surface area (Å²) in [5.41, 5.74) is 5.61. The van der Waals surface area contributed by atoms with Crippen LogP contribution in [0, 0.1) is 0 Å². The molecule has 0 aromatic carbocycles. The third-order valence-corrected chi connectivity index (χ3v) is 2.29. The molecule has 0 fully saturated rings. The largest absolute Gasteiger partial charge is 1.00 e. The van der Waals surface area contributed by atoms with Crippen molar-refractivity contribution in [1.82, 2.24) is 5.32 Å². The molecule has 0 saturated heterocycles. The number of carbonyl (C=O) groups is 2. The normalized spacial score (nSPS) is 28.7. The predicted octanol–water partition coefficient (Wildman–Crippen LogP) is -5.74. The summed E-state index contributed by atoms with van der Waals surface area (Å²) in [6.07, 6.45) is 0.134. The molecule has 1 amide bonds. The van der Waals surface area contributed by atoms with Crippen molar-refractivity contribution in [2.75, 3.05) is 0 Å². The maximum atomic E-state index is 10.8. The standard InChI is InChI=1S/C9H14N2O4.Na/c1-4(12)11-8-6(10)2-5(9(14)15)3-7(8)13;/h3,6-8,13H,2,10H2,1H3,(H,11,12)(H,14,15);/q;+1/p-1/t6-,7+,8+;/m0./s1. The minimum Gasteiger partial charge on any atom is -0.545 e. The third kappa shape index (κ3) is 3.88. The molecule has 6 nitrogen and oxygen atoms in total. The van der Waals surface area contributed by atoms with E-state index in [2.05, 4.69) is 5.32 Å². The Morgan fingerprint density at radius 3 is 2.56 bits per heavy atom. The van der Waals surface area contributed by atoms with Gasteiger partial charge in [-0.25, -0.2) is 0 Å². The van der Waals surface area contributed by atoms with E-state index in [0.717, 1.165) is 6.08 Å². The molecule has 16 heavy (non-hydrogen) atoms. The fourth-order valence-corrected chi connectivity index (χ4v) is 1.59. The molecule has 0 heterocycles. The molecule has 7 heteroatoms. The van der Waals surface area contributed by atoms with Gasteiger partial charge >= 0.3 is 29.6 Å². The minimum absolute atomic E-state index is 0. The summed E-state index contributed by atoms with van der Waals surface area (Å²) < 4.78 is 0. The molecular formula is C9H13N2NaO4. The SMILES string of the molecule is CC(=O)N[C@H]1[C@H](O)C=C(C(=O)[O-])C[C@@H]1N.[Na+]. The number of aliphatic hydroxyl groups is 1. The van der Waals surface area contributed by atoms with Crippen molar-refractivity contribution < 1.29 is 49.4 Å². The second kappa shape index (κ2) is 6.36. The number of hydrogen-bond donors (Lipinski definition) is 3. The number of amides is 1. The number of nitrogens with two attached hydrogens (primary N) is 1. The molecular weight excluding hydrogens is 223 g/mol. The van der Waals surface area contributed by atoms with Gasteiger partial charge in [-0.3, -0.25) is 4.79 Å². The summed E-state index contributed by atoms with van der Waals surface area (Å²) in [6, 6.07) is -1.27. The van der Waals surface area contributed by atoms with Gasteiger partial charge in [0.25, 0.3) is 0 Å². The van der Waals surface area contributed by atoms with Gasteiger partial charge in [0.2, 0.25) is 5.91 Å². The minimum atomic E-state index is -1.34. The molecule has 4 N–H and O–H groups in total. The smallest absolute Gasteiger partial charge is 0.545 e. The van der Waals surface area contributed by atoms with E-state index in [4.69, 9.17) is 5.73 Å². The van der Waals surface area contributed by atoms with E-state index in [1.54, 1.807) is 0 Å². The second-order valence-electron chi connectivity index (χ2n) is 3.56. The summed E-state index contributed by atoms with van der Waals surface area (Å²) in [5, 5.41) is 22.6. The Kier molecular flexibility index (Phi) is 6.20. The zero-order chi connectivity index (χ0) is 11.6. The van der Waals surface area contributed by atoms with Gasteiger partial charge in [-0.15, -0.1) is 0 Å². The van der Waals surface area contributed by atoms with Crippen LogP contribution < -0.4 is 45.7 Å². The Morgan fingerprint density at radius 1 is 1.62 bits per heavy atom. The van der Waals surface area contributed by atoms with E-state index in [1.807, 2.05) is 0 Å². The first-order valence-electron chi connectivity index (χ1n) is 4.54. The summed E-state index contributed by atoms with van der Waals surface area (Å²) in [6.45, 7) is 1.30. The number of aliphatic carboxylic acids is 1. The molecule has 84 valence electrons. The van der Waals surface area contributed by atoms with Crippen LogP contribution in [0.1, 0.15) is 13.3 Å². The van der Waals surface area contributed by atoms with Crippen molar-refractivity contribution in [3.8, 4) is 0 Å². The number of nitrogens with one attached hydrogen (secondary N) is 1. The van der Waals surface area contributed by atoms with Gasteiger partial charge in [0.1, 0.15) is 0 Å². The van der Waals surface area contributed by atoms with Crippen LogP contribution in [0.2, 0.25) is 0 Å². The van der Waals surface area contributed by atoms with Gasteiger partial charge in [-0.2, -0.15) is 0 Å². The fourth-order valence-electron chi connectivity index (χ4n) is 1.59. The Morgan fingerprint density at radius 2 is 2.19 bits per heavy atom. The van der Waals surface area contributed by atoms with Crippen molar-refractivity contribution in [3.05, 3.63) is 11.6 Å². The van der Waals surface area contributed by atoms with Gasteiger partial charge in [0.15, 0.2) is 0 Å². The summed E-state index contributed by atoms with van der Waals surface area (Å²) in [4.78, 5) is 21.3. The van der Waals surface area contributed by atoms with Crippen LogP contribution in [0.15, 0.2) is 11.6 Å². The number of carboxylic acid groups (broad SMARTS) is 1. The first-order chi connectivity index (χ1) is 6.91. The fraction of sp³-hybridized carbons (Fsp3) is 0.556. The average Bonchev–Trinajstić information content (AvgIpc) is 2.10. The number of carboxylic acids is 1. The molecule has 0 unspecified atom stereocenters. The Hall–Kier alpha value is -0.400. The van der Waals surface area contributed by atoms with Gasteiger partial charge in [-0.1, -0.05) is 0 Å². The molecule has 3 atom stereocenters. The van der Waals surface area contributed by atoms with Crippen LogP contribution in [0.5, 0.6) is 0 Å². The molecule has 0 aromatic rings. The summed E-state index contributed by atoms with van der Waals surface area (Å²) in [5.74, 6) is -1.66. The van der Waals surface area contributed by atoms with Crippen LogP contribution in [-0.2, 0) is 9.59 Å². The van der Waals surface area contributed by atoms with Crippen LogP contribution in [0.3, 0.4) is 0 Å². The topological polar surface area (TPSA) is 115 Å². The summed E-state index contributed by atoms with van der Waals surface area (Å²) >= 11 is 0. The molecule has 0 saturated carbocycles. The molecule has 0 radical (unpaired) electrons. The van der Waals surface area contributed by atoms with Crippen molar-refractivity contribution in [2.24, 2.45) is 5.73 Å². The van der Waals surface area contributed by atoms with E-state index < -0.39 is 24.2 Å². The molecule has 0 aromatic heterocycles. The van der Waals surface area contributed by atoms with Crippen LogP contribution >= 0.6 is 0 Å². The van der Waals surface area contributed by atoms with Crippen molar-refractivity contribution in [1.29, 1.82) is 0 Å². The van der Waals surface area contributed by atoms with Gasteiger partial charge in [0.05, 0.1) is 18.1 Å².